The standard InChI is InChI=1S/C29H28FNO/c1-20-11-13-22(14-12-20)23-15-16-24(26(30)18-23)27-25-10-6-7-17-29(25,2)28(32)31(27)19-21-8-4-3-5-9-21/h3-6,8-16,18,25,27H,7,17,19H2,1-2H3/t25?,27?,29-/m1/s1. The van der Waals surface area contributed by atoms with Gasteiger partial charge in [-0.3, -0.25) is 4.79 Å². The average Bonchev–Trinajstić information content (AvgIpc) is 3.02. The molecular formula is C29H28FNO. The van der Waals surface area contributed by atoms with Gasteiger partial charge in [0.05, 0.1) is 11.5 Å². The summed E-state index contributed by atoms with van der Waals surface area (Å²) in [4.78, 5) is 15.6. The van der Waals surface area contributed by atoms with Crippen molar-refractivity contribution < 1.29 is 9.18 Å². The molecule has 162 valence electrons. The van der Waals surface area contributed by atoms with E-state index in [4.69, 9.17) is 0 Å². The van der Waals surface area contributed by atoms with Crippen LogP contribution in [0.3, 0.4) is 0 Å². The van der Waals surface area contributed by atoms with E-state index in [9.17, 15) is 4.79 Å². The number of hydrogen-bond donors (Lipinski definition) is 0. The van der Waals surface area contributed by atoms with E-state index in [0.717, 1.165) is 29.5 Å². The molecule has 0 radical (unpaired) electrons. The van der Waals surface area contributed by atoms with Gasteiger partial charge in [0.25, 0.3) is 0 Å². The number of benzene rings is 3. The maximum atomic E-state index is 15.6. The maximum absolute atomic E-state index is 15.6. The van der Waals surface area contributed by atoms with Crippen molar-refractivity contribution in [3.63, 3.8) is 0 Å². The Morgan fingerprint density at radius 2 is 1.72 bits per heavy atom. The summed E-state index contributed by atoms with van der Waals surface area (Å²) >= 11 is 0. The first-order valence-electron chi connectivity index (χ1n) is 11.4. The van der Waals surface area contributed by atoms with Gasteiger partial charge in [0.1, 0.15) is 5.82 Å². The van der Waals surface area contributed by atoms with E-state index in [-0.39, 0.29) is 23.7 Å². The lowest BCUT2D eigenvalue weighted by molar-refractivity contribution is -0.137. The van der Waals surface area contributed by atoms with Crippen LogP contribution in [0.2, 0.25) is 0 Å². The van der Waals surface area contributed by atoms with Crippen molar-refractivity contribution in [2.24, 2.45) is 11.3 Å². The van der Waals surface area contributed by atoms with E-state index in [1.54, 1.807) is 6.07 Å². The molecule has 0 N–H and O–H groups in total. The van der Waals surface area contributed by atoms with Gasteiger partial charge in [-0.05, 0) is 42.5 Å². The molecule has 5 rings (SSSR count). The van der Waals surface area contributed by atoms with Crippen molar-refractivity contribution >= 4 is 5.91 Å². The number of fused-ring (bicyclic) bond motifs is 1. The third-order valence-corrected chi connectivity index (χ3v) is 7.23. The Balaban J connectivity index is 1.56. The largest absolute Gasteiger partial charge is 0.330 e. The molecule has 0 aromatic heterocycles. The number of likely N-dealkylation sites (tertiary alicyclic amines) is 1. The zero-order valence-electron chi connectivity index (χ0n) is 18.6. The maximum Gasteiger partial charge on any atom is 0.230 e. The fraction of sp³-hybridized carbons (Fsp3) is 0.276. The van der Waals surface area contributed by atoms with Crippen molar-refractivity contribution in [3.05, 3.63) is 107 Å². The molecular weight excluding hydrogens is 397 g/mol. The SMILES string of the molecule is Cc1ccc(-c2ccc(C3C4C=CCC[C@@]4(C)C(=O)N3Cc3ccccc3)c(F)c2)cc1. The highest BCUT2D eigenvalue weighted by Gasteiger charge is 2.56. The molecule has 2 unspecified atom stereocenters. The number of allylic oxidation sites excluding steroid dienone is 1. The topological polar surface area (TPSA) is 20.3 Å². The van der Waals surface area contributed by atoms with Crippen molar-refractivity contribution in [2.75, 3.05) is 0 Å². The van der Waals surface area contributed by atoms with Crippen LogP contribution in [-0.4, -0.2) is 10.8 Å². The predicted octanol–water partition coefficient (Wildman–Crippen LogP) is 6.86. The lowest BCUT2D eigenvalue weighted by Crippen LogP contribution is -2.34. The number of halogens is 1. The Labute approximate surface area is 189 Å². The molecule has 2 aliphatic rings. The molecule has 0 saturated carbocycles. The van der Waals surface area contributed by atoms with E-state index < -0.39 is 5.41 Å². The average molecular weight is 426 g/mol. The van der Waals surface area contributed by atoms with Crippen LogP contribution in [0.4, 0.5) is 4.39 Å². The van der Waals surface area contributed by atoms with Gasteiger partial charge >= 0.3 is 0 Å². The normalized spacial score (nSPS) is 24.6. The highest BCUT2D eigenvalue weighted by atomic mass is 19.1. The van der Waals surface area contributed by atoms with Gasteiger partial charge < -0.3 is 4.90 Å². The van der Waals surface area contributed by atoms with E-state index in [2.05, 4.69) is 19.1 Å². The van der Waals surface area contributed by atoms with Gasteiger partial charge in [0, 0.05) is 18.0 Å². The molecule has 3 aromatic rings. The highest BCUT2D eigenvalue weighted by Crippen LogP contribution is 2.54. The second-order valence-electron chi connectivity index (χ2n) is 9.38. The lowest BCUT2D eigenvalue weighted by Gasteiger charge is -2.32. The minimum Gasteiger partial charge on any atom is -0.330 e. The fourth-order valence-corrected chi connectivity index (χ4v) is 5.36. The van der Waals surface area contributed by atoms with E-state index >= 15 is 4.39 Å². The van der Waals surface area contributed by atoms with E-state index in [1.807, 2.05) is 78.6 Å². The minimum absolute atomic E-state index is 0.0350. The number of aryl methyl sites for hydroxylation is 1. The molecule has 3 atom stereocenters. The summed E-state index contributed by atoms with van der Waals surface area (Å²) < 4.78 is 15.6. The number of carbonyl (C=O) groups is 1. The molecule has 2 nitrogen and oxygen atoms in total. The molecule has 1 amide bonds. The molecule has 1 aliphatic heterocycles. The molecule has 1 fully saturated rings. The number of carbonyl (C=O) groups excluding carboxylic acids is 1. The number of hydrogen-bond acceptors (Lipinski definition) is 1. The number of nitrogens with zero attached hydrogens (tertiary/aromatic N) is 1. The van der Waals surface area contributed by atoms with Crippen molar-refractivity contribution in [1.82, 2.24) is 4.90 Å². The summed E-state index contributed by atoms with van der Waals surface area (Å²) in [6.07, 6.45) is 5.99. The van der Waals surface area contributed by atoms with Crippen LogP contribution in [0.25, 0.3) is 11.1 Å². The van der Waals surface area contributed by atoms with Gasteiger partial charge in [-0.1, -0.05) is 91.4 Å². The summed E-state index contributed by atoms with van der Waals surface area (Å²) in [7, 11) is 0. The first-order valence-corrected chi connectivity index (χ1v) is 11.4. The summed E-state index contributed by atoms with van der Waals surface area (Å²) in [5.74, 6) is -0.155. The molecule has 1 aliphatic carbocycles. The van der Waals surface area contributed by atoms with Gasteiger partial charge in [-0.2, -0.15) is 0 Å². The second-order valence-corrected chi connectivity index (χ2v) is 9.38. The third kappa shape index (κ3) is 3.46. The van der Waals surface area contributed by atoms with Crippen molar-refractivity contribution in [3.8, 4) is 11.1 Å². The second kappa shape index (κ2) is 8.05. The first-order chi connectivity index (χ1) is 15.5. The van der Waals surface area contributed by atoms with Crippen LogP contribution in [0.5, 0.6) is 0 Å². The fourth-order valence-electron chi connectivity index (χ4n) is 5.36. The predicted molar refractivity (Wildman–Crippen MR) is 126 cm³/mol. The minimum atomic E-state index is -0.490. The van der Waals surface area contributed by atoms with E-state index in [0.29, 0.717) is 12.1 Å². The summed E-state index contributed by atoms with van der Waals surface area (Å²) in [5.41, 5.74) is 4.20. The van der Waals surface area contributed by atoms with Crippen LogP contribution in [0.15, 0.2) is 84.9 Å². The van der Waals surface area contributed by atoms with Crippen LogP contribution in [0.1, 0.15) is 42.5 Å². The van der Waals surface area contributed by atoms with Gasteiger partial charge in [0.15, 0.2) is 0 Å². The molecule has 3 heteroatoms. The summed E-state index contributed by atoms with van der Waals surface area (Å²) in [6.45, 7) is 4.59. The number of amides is 1. The molecule has 0 bridgehead atoms. The number of rotatable bonds is 4. The Morgan fingerprint density at radius 1 is 1.00 bits per heavy atom. The molecule has 3 aromatic carbocycles. The van der Waals surface area contributed by atoms with Crippen LogP contribution < -0.4 is 0 Å². The van der Waals surface area contributed by atoms with E-state index in [1.165, 1.54) is 5.56 Å². The van der Waals surface area contributed by atoms with Crippen molar-refractivity contribution in [1.29, 1.82) is 0 Å². The van der Waals surface area contributed by atoms with Gasteiger partial charge in [-0.15, -0.1) is 0 Å². The molecule has 1 saturated heterocycles. The lowest BCUT2D eigenvalue weighted by atomic mass is 9.69. The monoisotopic (exact) mass is 425 g/mol. The highest BCUT2D eigenvalue weighted by molar-refractivity contribution is 5.86. The van der Waals surface area contributed by atoms with Crippen molar-refractivity contribution in [2.45, 2.75) is 39.3 Å². The summed E-state index contributed by atoms with van der Waals surface area (Å²) in [5, 5.41) is 0. The Bertz CT molecular complexity index is 1170. The van der Waals surface area contributed by atoms with Crippen LogP contribution in [0, 0.1) is 24.1 Å². The Kier molecular flexibility index (Phi) is 5.21. The van der Waals surface area contributed by atoms with Crippen LogP contribution >= 0.6 is 0 Å². The quantitative estimate of drug-likeness (QED) is 0.418. The smallest absolute Gasteiger partial charge is 0.230 e. The first kappa shape index (κ1) is 20.7. The molecule has 1 heterocycles. The van der Waals surface area contributed by atoms with Crippen LogP contribution in [-0.2, 0) is 11.3 Å². The zero-order chi connectivity index (χ0) is 22.3. The summed E-state index contributed by atoms with van der Waals surface area (Å²) in [6, 6.07) is 23.3. The van der Waals surface area contributed by atoms with Gasteiger partial charge in [0.2, 0.25) is 5.91 Å². The molecule has 0 spiro atoms. The van der Waals surface area contributed by atoms with Gasteiger partial charge in [-0.25, -0.2) is 4.39 Å². The Hall–Kier alpha value is -3.20. The Morgan fingerprint density at radius 3 is 2.44 bits per heavy atom. The zero-order valence-corrected chi connectivity index (χ0v) is 18.6. The third-order valence-electron chi connectivity index (χ3n) is 7.23. The molecule has 32 heavy (non-hydrogen) atoms.